The number of hydrogen-bond acceptors (Lipinski definition) is 3. The second kappa shape index (κ2) is 4.81. The smallest absolute Gasteiger partial charge is 0.267 e. The standard InChI is InChI=1S/C15H17BrN2O3/c1-4-18(5-2)13(19)12-15(21-12)9-7-6-8-10(16)11(9)17(3)14(15)20/h6-8,12H,4-5H2,1-3H3/t12-,15+/m0/s1. The number of epoxide rings is 1. The first kappa shape index (κ1) is 14.5. The fourth-order valence-corrected chi connectivity index (χ4v) is 3.70. The number of para-hydroxylation sites is 1. The highest BCUT2D eigenvalue weighted by Crippen LogP contribution is 2.57. The molecule has 2 aliphatic heterocycles. The highest BCUT2D eigenvalue weighted by Gasteiger charge is 2.72. The van der Waals surface area contributed by atoms with Gasteiger partial charge in [0.1, 0.15) is 0 Å². The molecule has 1 fully saturated rings. The summed E-state index contributed by atoms with van der Waals surface area (Å²) < 4.78 is 6.50. The van der Waals surface area contributed by atoms with Crippen LogP contribution in [0, 0.1) is 0 Å². The van der Waals surface area contributed by atoms with Crippen molar-refractivity contribution in [1.82, 2.24) is 4.90 Å². The van der Waals surface area contributed by atoms with E-state index in [1.165, 1.54) is 0 Å². The molecule has 112 valence electrons. The van der Waals surface area contributed by atoms with E-state index in [1.807, 2.05) is 32.0 Å². The van der Waals surface area contributed by atoms with E-state index in [-0.39, 0.29) is 11.8 Å². The Morgan fingerprint density at radius 2 is 2.10 bits per heavy atom. The zero-order valence-electron chi connectivity index (χ0n) is 12.2. The molecule has 2 amide bonds. The molecule has 0 radical (unpaired) electrons. The van der Waals surface area contributed by atoms with E-state index in [9.17, 15) is 9.59 Å². The summed E-state index contributed by atoms with van der Waals surface area (Å²) in [7, 11) is 1.71. The molecule has 6 heteroatoms. The third kappa shape index (κ3) is 1.78. The minimum atomic E-state index is -1.12. The fourth-order valence-electron chi connectivity index (χ4n) is 3.07. The van der Waals surface area contributed by atoms with Crippen molar-refractivity contribution in [3.63, 3.8) is 0 Å². The summed E-state index contributed by atoms with van der Waals surface area (Å²) in [5, 5.41) is 0. The molecular weight excluding hydrogens is 336 g/mol. The zero-order chi connectivity index (χ0) is 15.4. The fraction of sp³-hybridized carbons (Fsp3) is 0.467. The molecule has 1 saturated heterocycles. The maximum atomic E-state index is 12.6. The third-order valence-corrected chi connectivity index (χ3v) is 4.90. The van der Waals surface area contributed by atoms with Crippen molar-refractivity contribution >= 4 is 33.4 Å². The van der Waals surface area contributed by atoms with Gasteiger partial charge < -0.3 is 14.5 Å². The normalized spacial score (nSPS) is 26.2. The van der Waals surface area contributed by atoms with Gasteiger partial charge in [-0.3, -0.25) is 9.59 Å². The van der Waals surface area contributed by atoms with Crippen LogP contribution in [0.2, 0.25) is 0 Å². The van der Waals surface area contributed by atoms with Gasteiger partial charge >= 0.3 is 0 Å². The van der Waals surface area contributed by atoms with Gasteiger partial charge in [-0.25, -0.2) is 0 Å². The molecular formula is C15H17BrN2O3. The summed E-state index contributed by atoms with van der Waals surface area (Å²) in [6, 6.07) is 5.60. The molecule has 0 aliphatic carbocycles. The van der Waals surface area contributed by atoms with E-state index in [0.717, 1.165) is 15.7 Å². The lowest BCUT2D eigenvalue weighted by atomic mass is 9.96. The minimum Gasteiger partial charge on any atom is -0.341 e. The predicted molar refractivity (Wildman–Crippen MR) is 82.0 cm³/mol. The second-order valence-corrected chi connectivity index (χ2v) is 6.10. The number of hydrogen-bond donors (Lipinski definition) is 0. The van der Waals surface area contributed by atoms with Crippen molar-refractivity contribution in [3.05, 3.63) is 28.2 Å². The molecule has 2 heterocycles. The van der Waals surface area contributed by atoms with Crippen molar-refractivity contribution in [2.75, 3.05) is 25.0 Å². The third-order valence-electron chi connectivity index (χ3n) is 4.26. The number of carbonyl (C=O) groups excluding carboxylic acids is 2. The van der Waals surface area contributed by atoms with Crippen molar-refractivity contribution in [2.24, 2.45) is 0 Å². The summed E-state index contributed by atoms with van der Waals surface area (Å²) in [4.78, 5) is 28.4. The number of rotatable bonds is 3. The Morgan fingerprint density at radius 3 is 2.71 bits per heavy atom. The minimum absolute atomic E-state index is 0.116. The van der Waals surface area contributed by atoms with Crippen LogP contribution < -0.4 is 4.90 Å². The second-order valence-electron chi connectivity index (χ2n) is 5.24. The molecule has 1 spiro atoms. The van der Waals surface area contributed by atoms with Crippen molar-refractivity contribution in [2.45, 2.75) is 25.6 Å². The summed E-state index contributed by atoms with van der Waals surface area (Å²) in [6.45, 7) is 5.06. The number of likely N-dealkylation sites (N-methyl/N-ethyl adjacent to an activating group) is 2. The van der Waals surface area contributed by atoms with E-state index >= 15 is 0 Å². The molecule has 3 rings (SSSR count). The highest BCUT2D eigenvalue weighted by molar-refractivity contribution is 9.10. The van der Waals surface area contributed by atoms with Gasteiger partial charge in [-0.05, 0) is 35.8 Å². The molecule has 0 bridgehead atoms. The Kier molecular flexibility index (Phi) is 3.33. The van der Waals surface area contributed by atoms with E-state index in [1.54, 1.807) is 16.8 Å². The van der Waals surface area contributed by atoms with Gasteiger partial charge in [-0.1, -0.05) is 12.1 Å². The van der Waals surface area contributed by atoms with E-state index in [0.29, 0.717) is 13.1 Å². The topological polar surface area (TPSA) is 53.2 Å². The molecule has 2 aliphatic rings. The number of anilines is 1. The van der Waals surface area contributed by atoms with E-state index in [4.69, 9.17) is 4.74 Å². The Morgan fingerprint density at radius 1 is 1.43 bits per heavy atom. The summed E-state index contributed by atoms with van der Waals surface area (Å²) in [5.41, 5.74) is 0.445. The summed E-state index contributed by atoms with van der Waals surface area (Å²) in [6.07, 6.45) is -0.706. The van der Waals surface area contributed by atoms with Gasteiger partial charge in [0.25, 0.3) is 11.8 Å². The Balaban J connectivity index is 2.01. The van der Waals surface area contributed by atoms with E-state index < -0.39 is 11.7 Å². The molecule has 2 atom stereocenters. The number of nitrogens with zero attached hydrogens (tertiary/aromatic N) is 2. The average Bonchev–Trinajstić information content (AvgIpc) is 3.18. The number of carbonyl (C=O) groups is 2. The first-order valence-electron chi connectivity index (χ1n) is 7.02. The Hall–Kier alpha value is -1.40. The molecule has 0 saturated carbocycles. The van der Waals surface area contributed by atoms with Gasteiger partial charge in [0.2, 0.25) is 5.60 Å². The molecule has 21 heavy (non-hydrogen) atoms. The Bertz CT molecular complexity index is 629. The number of amides is 2. The van der Waals surface area contributed by atoms with Gasteiger partial charge in [0.15, 0.2) is 6.10 Å². The van der Waals surface area contributed by atoms with Crippen molar-refractivity contribution < 1.29 is 14.3 Å². The highest BCUT2D eigenvalue weighted by atomic mass is 79.9. The van der Waals surface area contributed by atoms with Crippen LogP contribution in [0.4, 0.5) is 5.69 Å². The molecule has 5 nitrogen and oxygen atoms in total. The van der Waals surface area contributed by atoms with Crippen LogP contribution in [0.3, 0.4) is 0 Å². The first-order valence-corrected chi connectivity index (χ1v) is 7.82. The predicted octanol–water partition coefficient (Wildman–Crippen LogP) is 1.89. The maximum absolute atomic E-state index is 12.6. The van der Waals surface area contributed by atoms with Crippen LogP contribution in [0.5, 0.6) is 0 Å². The van der Waals surface area contributed by atoms with Crippen LogP contribution in [0.25, 0.3) is 0 Å². The van der Waals surface area contributed by atoms with Gasteiger partial charge in [0, 0.05) is 30.2 Å². The summed E-state index contributed by atoms with van der Waals surface area (Å²) >= 11 is 3.46. The lowest BCUT2D eigenvalue weighted by molar-refractivity contribution is -0.132. The average molecular weight is 353 g/mol. The lowest BCUT2D eigenvalue weighted by Gasteiger charge is -2.17. The van der Waals surface area contributed by atoms with Crippen LogP contribution >= 0.6 is 15.9 Å². The van der Waals surface area contributed by atoms with Crippen LogP contribution in [0.1, 0.15) is 19.4 Å². The van der Waals surface area contributed by atoms with Crippen LogP contribution in [-0.2, 0) is 19.9 Å². The Labute approximate surface area is 132 Å². The lowest BCUT2D eigenvalue weighted by Crippen LogP contribution is -2.39. The van der Waals surface area contributed by atoms with Crippen molar-refractivity contribution in [3.8, 4) is 0 Å². The molecule has 0 aromatic heterocycles. The number of benzene rings is 1. The first-order chi connectivity index (χ1) is 9.98. The van der Waals surface area contributed by atoms with Gasteiger partial charge in [-0.2, -0.15) is 0 Å². The molecule has 0 unspecified atom stereocenters. The quantitative estimate of drug-likeness (QED) is 0.780. The van der Waals surface area contributed by atoms with Gasteiger partial charge in [-0.15, -0.1) is 0 Å². The largest absolute Gasteiger partial charge is 0.341 e. The molecule has 1 aromatic rings. The van der Waals surface area contributed by atoms with Crippen LogP contribution in [-0.4, -0.2) is 43.0 Å². The maximum Gasteiger partial charge on any atom is 0.267 e. The number of fused-ring (bicyclic) bond motifs is 2. The molecule has 0 N–H and O–H groups in total. The number of ether oxygens (including phenoxy) is 1. The molecule has 1 aromatic carbocycles. The van der Waals surface area contributed by atoms with Crippen LogP contribution in [0.15, 0.2) is 22.7 Å². The summed E-state index contributed by atoms with van der Waals surface area (Å²) in [5.74, 6) is -0.288. The van der Waals surface area contributed by atoms with Crippen molar-refractivity contribution in [1.29, 1.82) is 0 Å². The van der Waals surface area contributed by atoms with Gasteiger partial charge in [0.05, 0.1) is 5.69 Å². The monoisotopic (exact) mass is 352 g/mol. The van der Waals surface area contributed by atoms with E-state index in [2.05, 4.69) is 15.9 Å². The zero-order valence-corrected chi connectivity index (χ0v) is 13.8. The number of halogens is 1. The SMILES string of the molecule is CCN(CC)C(=O)[C@@H]1O[C@@]12C(=O)N(C)c1c(Br)cccc12.